The molecule has 4 aliphatic heterocycles. The number of amides is 3. The van der Waals surface area contributed by atoms with E-state index in [0.29, 0.717) is 43.0 Å². The minimum Gasteiger partial charge on any atom is -0.489 e. The number of hydrogen-bond donors (Lipinski definition) is 1. The van der Waals surface area contributed by atoms with Crippen LogP contribution >= 0.6 is 0 Å². The summed E-state index contributed by atoms with van der Waals surface area (Å²) in [6.45, 7) is 3.33. The van der Waals surface area contributed by atoms with E-state index in [0.717, 1.165) is 30.9 Å². The Hall–Kier alpha value is -3.23. The molecule has 0 saturated carbocycles. The summed E-state index contributed by atoms with van der Waals surface area (Å²) < 4.78 is 11.8. The Morgan fingerprint density at radius 2 is 1.69 bits per heavy atom. The van der Waals surface area contributed by atoms with Gasteiger partial charge in [0, 0.05) is 36.2 Å². The lowest BCUT2D eigenvalue weighted by Gasteiger charge is -2.34. The molecule has 1 N–H and O–H groups in total. The van der Waals surface area contributed by atoms with Gasteiger partial charge in [0.25, 0.3) is 5.91 Å². The van der Waals surface area contributed by atoms with Crippen LogP contribution in [0.25, 0.3) is 0 Å². The van der Waals surface area contributed by atoms with Crippen molar-refractivity contribution in [3.05, 3.63) is 64.7 Å². The molecule has 2 bridgehead atoms. The summed E-state index contributed by atoms with van der Waals surface area (Å²) in [4.78, 5) is 40.9. The molecule has 35 heavy (non-hydrogen) atoms. The third-order valence-corrected chi connectivity index (χ3v) is 7.71. The predicted molar refractivity (Wildman–Crippen MR) is 126 cm³/mol. The Labute approximate surface area is 204 Å². The molecule has 3 amide bonds. The number of nitrogens with zero attached hydrogens (tertiary/aromatic N) is 2. The Bertz CT molecular complexity index is 1150. The highest BCUT2D eigenvalue weighted by molar-refractivity contribution is 6.05. The van der Waals surface area contributed by atoms with E-state index in [1.807, 2.05) is 6.07 Å². The molecule has 3 unspecified atom stereocenters. The zero-order chi connectivity index (χ0) is 23.9. The molecule has 0 aliphatic carbocycles. The van der Waals surface area contributed by atoms with Crippen molar-refractivity contribution in [3.63, 3.8) is 0 Å². The van der Waals surface area contributed by atoms with E-state index in [9.17, 15) is 14.4 Å². The zero-order valence-electron chi connectivity index (χ0n) is 19.6. The van der Waals surface area contributed by atoms with E-state index in [1.54, 1.807) is 17.0 Å². The second-order valence-corrected chi connectivity index (χ2v) is 9.88. The van der Waals surface area contributed by atoms with Crippen molar-refractivity contribution < 1.29 is 23.9 Å². The van der Waals surface area contributed by atoms with Gasteiger partial charge in [-0.1, -0.05) is 30.3 Å². The van der Waals surface area contributed by atoms with Crippen LogP contribution < -0.4 is 10.1 Å². The first kappa shape index (κ1) is 22.2. The average Bonchev–Trinajstić information content (AvgIpc) is 3.29. The van der Waals surface area contributed by atoms with E-state index >= 15 is 0 Å². The number of imide groups is 1. The van der Waals surface area contributed by atoms with Crippen molar-refractivity contribution in [3.8, 4) is 5.75 Å². The molecule has 8 nitrogen and oxygen atoms in total. The van der Waals surface area contributed by atoms with Crippen LogP contribution in [0.1, 0.15) is 52.7 Å². The van der Waals surface area contributed by atoms with Crippen LogP contribution in [0.4, 0.5) is 0 Å². The van der Waals surface area contributed by atoms with Crippen LogP contribution in [0, 0.1) is 0 Å². The summed E-state index contributed by atoms with van der Waals surface area (Å²) in [6, 6.07) is 14.4. The molecular formula is C27H29N3O5. The highest BCUT2D eigenvalue weighted by Gasteiger charge is 2.40. The highest BCUT2D eigenvalue weighted by Crippen LogP contribution is 2.34. The number of benzene rings is 2. The summed E-state index contributed by atoms with van der Waals surface area (Å²) in [5.41, 5.74) is 3.70. The molecule has 2 aromatic carbocycles. The molecule has 6 rings (SSSR count). The lowest BCUT2D eigenvalue weighted by molar-refractivity contribution is -0.136. The largest absolute Gasteiger partial charge is 0.489 e. The maximum Gasteiger partial charge on any atom is 0.255 e. The summed E-state index contributed by atoms with van der Waals surface area (Å²) in [5, 5.41) is 2.34. The van der Waals surface area contributed by atoms with Gasteiger partial charge in [-0.3, -0.25) is 24.6 Å². The van der Waals surface area contributed by atoms with Crippen molar-refractivity contribution in [2.24, 2.45) is 0 Å². The maximum atomic E-state index is 13.0. The Kier molecular flexibility index (Phi) is 5.78. The van der Waals surface area contributed by atoms with Crippen LogP contribution in [0.2, 0.25) is 0 Å². The molecule has 0 radical (unpaired) electrons. The standard InChI is InChI=1S/C27H29N3O5/c31-25-11-10-23(26(32)28-25)30-13-22-21(27(30)33)2-1-3-24(22)35-14-18-6-4-17(5-7-18)12-29-19-8-9-20(29)16-34-15-19/h1-7,19-20,23H,8-16H2,(H,28,31,32). The fourth-order valence-corrected chi connectivity index (χ4v) is 5.78. The predicted octanol–water partition coefficient (Wildman–Crippen LogP) is 2.39. The third-order valence-electron chi connectivity index (χ3n) is 7.71. The summed E-state index contributed by atoms with van der Waals surface area (Å²) in [5.74, 6) is -0.237. The van der Waals surface area contributed by atoms with Gasteiger partial charge in [0.1, 0.15) is 18.4 Å². The second-order valence-electron chi connectivity index (χ2n) is 9.88. The normalized spacial score (nSPS) is 26.1. The van der Waals surface area contributed by atoms with Crippen molar-refractivity contribution in [1.82, 2.24) is 15.1 Å². The summed E-state index contributed by atoms with van der Waals surface area (Å²) in [6.07, 6.45) is 3.03. The first-order valence-electron chi connectivity index (χ1n) is 12.4. The van der Waals surface area contributed by atoms with Crippen LogP contribution in [-0.4, -0.2) is 58.9 Å². The molecule has 2 aromatic rings. The van der Waals surface area contributed by atoms with E-state index in [1.165, 1.54) is 18.4 Å². The second kappa shape index (κ2) is 9.09. The van der Waals surface area contributed by atoms with Gasteiger partial charge >= 0.3 is 0 Å². The van der Waals surface area contributed by atoms with Crippen LogP contribution in [-0.2, 0) is 34.0 Å². The SMILES string of the molecule is O=C1CCC(N2Cc3c(OCc4ccc(CN5C6CCC5COC6)cc4)cccc3C2=O)C(=O)N1. The first-order chi connectivity index (χ1) is 17.1. The molecule has 0 aromatic heterocycles. The fraction of sp³-hybridized carbons (Fsp3) is 0.444. The molecule has 182 valence electrons. The van der Waals surface area contributed by atoms with Crippen molar-refractivity contribution in [1.29, 1.82) is 0 Å². The number of fused-ring (bicyclic) bond motifs is 3. The molecule has 4 aliphatic rings. The Morgan fingerprint density at radius 3 is 2.43 bits per heavy atom. The monoisotopic (exact) mass is 475 g/mol. The van der Waals surface area contributed by atoms with Crippen molar-refractivity contribution >= 4 is 17.7 Å². The van der Waals surface area contributed by atoms with Crippen LogP contribution in [0.5, 0.6) is 5.75 Å². The quantitative estimate of drug-likeness (QED) is 0.646. The fourth-order valence-electron chi connectivity index (χ4n) is 5.78. The molecular weight excluding hydrogens is 446 g/mol. The zero-order valence-corrected chi connectivity index (χ0v) is 19.6. The van der Waals surface area contributed by atoms with E-state index < -0.39 is 11.9 Å². The van der Waals surface area contributed by atoms with Gasteiger partial charge in [-0.2, -0.15) is 0 Å². The number of rotatable bonds is 6. The molecule has 3 atom stereocenters. The van der Waals surface area contributed by atoms with Crippen LogP contribution in [0.3, 0.4) is 0 Å². The topological polar surface area (TPSA) is 88.2 Å². The number of morpholine rings is 1. The lowest BCUT2D eigenvalue weighted by atomic mass is 10.0. The van der Waals surface area contributed by atoms with E-state index in [4.69, 9.17) is 9.47 Å². The van der Waals surface area contributed by atoms with Gasteiger partial charge in [-0.05, 0) is 42.5 Å². The number of carbonyl (C=O) groups is 3. The average molecular weight is 476 g/mol. The third kappa shape index (κ3) is 4.21. The molecule has 0 spiro atoms. The number of hydrogen-bond acceptors (Lipinski definition) is 6. The molecule has 4 heterocycles. The molecule has 3 fully saturated rings. The van der Waals surface area contributed by atoms with Gasteiger partial charge in [-0.25, -0.2) is 0 Å². The Morgan fingerprint density at radius 1 is 0.943 bits per heavy atom. The van der Waals surface area contributed by atoms with Gasteiger partial charge in [0.05, 0.1) is 19.8 Å². The highest BCUT2D eigenvalue weighted by atomic mass is 16.5. The van der Waals surface area contributed by atoms with Crippen molar-refractivity contribution in [2.75, 3.05) is 13.2 Å². The van der Waals surface area contributed by atoms with Gasteiger partial charge < -0.3 is 14.4 Å². The smallest absolute Gasteiger partial charge is 0.255 e. The maximum absolute atomic E-state index is 13.0. The van der Waals surface area contributed by atoms with Crippen LogP contribution in [0.15, 0.2) is 42.5 Å². The van der Waals surface area contributed by atoms with Gasteiger partial charge in [-0.15, -0.1) is 0 Å². The molecule has 8 heteroatoms. The number of carbonyl (C=O) groups excluding carboxylic acids is 3. The lowest BCUT2D eigenvalue weighted by Crippen LogP contribution is -2.52. The summed E-state index contributed by atoms with van der Waals surface area (Å²) >= 11 is 0. The molecule has 3 saturated heterocycles. The van der Waals surface area contributed by atoms with E-state index in [2.05, 4.69) is 34.5 Å². The number of ether oxygens (including phenoxy) is 2. The summed E-state index contributed by atoms with van der Waals surface area (Å²) in [7, 11) is 0. The number of piperidine rings is 1. The van der Waals surface area contributed by atoms with Crippen molar-refractivity contribution in [2.45, 2.75) is 63.5 Å². The van der Waals surface area contributed by atoms with Gasteiger partial charge in [0.15, 0.2) is 0 Å². The first-order valence-corrected chi connectivity index (χ1v) is 12.4. The minimum absolute atomic E-state index is 0.193. The van der Waals surface area contributed by atoms with E-state index in [-0.39, 0.29) is 18.2 Å². The number of nitrogens with one attached hydrogen (secondary N) is 1. The van der Waals surface area contributed by atoms with Gasteiger partial charge in [0.2, 0.25) is 11.8 Å². The Balaban J connectivity index is 1.10. The minimum atomic E-state index is -0.630.